The number of aryl methyl sites for hydroxylation is 2. The van der Waals surface area contributed by atoms with Crippen molar-refractivity contribution < 1.29 is 18.0 Å². The van der Waals surface area contributed by atoms with Crippen LogP contribution in [0.15, 0.2) is 71.6 Å². The van der Waals surface area contributed by atoms with E-state index in [-0.39, 0.29) is 23.4 Å². The van der Waals surface area contributed by atoms with Crippen molar-refractivity contribution in [3.63, 3.8) is 0 Å². The van der Waals surface area contributed by atoms with Gasteiger partial charge >= 0.3 is 0 Å². The van der Waals surface area contributed by atoms with E-state index in [1.807, 2.05) is 52.0 Å². The lowest BCUT2D eigenvalue weighted by Gasteiger charge is -2.35. The third-order valence-corrected chi connectivity index (χ3v) is 10.5. The second-order valence-corrected chi connectivity index (χ2v) is 13.7. The molecule has 0 aromatic heterocycles. The van der Waals surface area contributed by atoms with E-state index >= 15 is 0 Å². The Hall–Kier alpha value is -3.36. The summed E-state index contributed by atoms with van der Waals surface area (Å²) in [6.45, 7) is 7.10. The lowest BCUT2D eigenvalue weighted by atomic mass is 9.95. The number of benzene rings is 3. The molecule has 1 fully saturated rings. The minimum atomic E-state index is -4.14. The van der Waals surface area contributed by atoms with Crippen molar-refractivity contribution in [3.05, 3.63) is 94.0 Å². The average molecular weight is 624 g/mol. The number of carbonyl (C=O) groups is 2. The molecule has 3 aromatic carbocycles. The van der Waals surface area contributed by atoms with Crippen molar-refractivity contribution in [1.29, 1.82) is 0 Å². The van der Waals surface area contributed by atoms with E-state index in [1.54, 1.807) is 42.5 Å². The molecule has 2 amide bonds. The number of hydrogen-bond acceptors (Lipinski definition) is 4. The van der Waals surface area contributed by atoms with Crippen LogP contribution in [0.5, 0.6) is 0 Å². The highest BCUT2D eigenvalue weighted by molar-refractivity contribution is 7.92. The van der Waals surface area contributed by atoms with Gasteiger partial charge in [0.15, 0.2) is 0 Å². The molecule has 0 saturated heterocycles. The topological polar surface area (TPSA) is 86.8 Å². The summed E-state index contributed by atoms with van der Waals surface area (Å²) >= 11 is 6.52. The average Bonchev–Trinajstić information content (AvgIpc) is 2.99. The Morgan fingerprint density at radius 1 is 0.930 bits per heavy atom. The van der Waals surface area contributed by atoms with E-state index in [0.29, 0.717) is 22.7 Å². The Bertz CT molecular complexity index is 1540. The number of anilines is 1. The fourth-order valence-corrected chi connectivity index (χ4v) is 7.30. The molecular formula is C34H42ClN3O4S. The Labute approximate surface area is 261 Å². The first-order valence-electron chi connectivity index (χ1n) is 15.0. The highest BCUT2D eigenvalue weighted by atomic mass is 35.5. The Morgan fingerprint density at radius 3 is 2.26 bits per heavy atom. The number of halogens is 1. The number of sulfonamides is 1. The lowest BCUT2D eigenvalue weighted by Crippen LogP contribution is -2.54. The van der Waals surface area contributed by atoms with Gasteiger partial charge in [-0.05, 0) is 81.0 Å². The number of nitrogens with one attached hydrogen (secondary N) is 1. The van der Waals surface area contributed by atoms with Crippen LogP contribution in [0.3, 0.4) is 0 Å². The maximum Gasteiger partial charge on any atom is 0.264 e. The Balaban J connectivity index is 1.75. The fourth-order valence-electron chi connectivity index (χ4n) is 5.63. The molecule has 7 nitrogen and oxygen atoms in total. The molecule has 43 heavy (non-hydrogen) atoms. The first-order valence-corrected chi connectivity index (χ1v) is 16.8. The molecule has 0 aliphatic heterocycles. The van der Waals surface area contributed by atoms with E-state index in [2.05, 4.69) is 5.32 Å². The molecule has 9 heteroatoms. The molecule has 0 heterocycles. The largest absolute Gasteiger partial charge is 0.352 e. The monoisotopic (exact) mass is 623 g/mol. The summed E-state index contributed by atoms with van der Waals surface area (Å²) in [6.07, 6.45) is 5.47. The summed E-state index contributed by atoms with van der Waals surface area (Å²) < 4.78 is 29.5. The molecule has 0 spiro atoms. The number of rotatable bonds is 11. The SMILES string of the molecule is CC[C@H](C(=O)NC1CCCCC1)N(Cc1ccccc1Cl)C(=O)CN(c1cccc(C)c1C)S(=O)(=O)c1ccc(C)cc1. The maximum absolute atomic E-state index is 14.4. The molecule has 0 radical (unpaired) electrons. The summed E-state index contributed by atoms with van der Waals surface area (Å²) in [4.78, 5) is 29.6. The fraction of sp³-hybridized carbons (Fsp3) is 0.412. The van der Waals surface area contributed by atoms with Crippen LogP contribution in [-0.4, -0.2) is 43.8 Å². The zero-order valence-corrected chi connectivity index (χ0v) is 27.0. The summed E-state index contributed by atoms with van der Waals surface area (Å²) in [6, 6.07) is 18.5. The van der Waals surface area contributed by atoms with Crippen molar-refractivity contribution in [2.24, 2.45) is 0 Å². The summed E-state index contributed by atoms with van der Waals surface area (Å²) in [5, 5.41) is 3.64. The van der Waals surface area contributed by atoms with Gasteiger partial charge in [0.1, 0.15) is 12.6 Å². The van der Waals surface area contributed by atoms with Crippen LogP contribution in [-0.2, 0) is 26.2 Å². The molecule has 1 saturated carbocycles. The third kappa shape index (κ3) is 7.78. The summed E-state index contributed by atoms with van der Waals surface area (Å²) in [5.74, 6) is -0.711. The predicted octanol–water partition coefficient (Wildman–Crippen LogP) is 6.72. The van der Waals surface area contributed by atoms with Gasteiger partial charge in [-0.2, -0.15) is 0 Å². The highest BCUT2D eigenvalue weighted by Crippen LogP contribution is 2.30. The molecule has 1 N–H and O–H groups in total. The molecule has 1 aliphatic rings. The lowest BCUT2D eigenvalue weighted by molar-refractivity contribution is -0.140. The van der Waals surface area contributed by atoms with Crippen molar-refractivity contribution in [2.75, 3.05) is 10.8 Å². The van der Waals surface area contributed by atoms with Gasteiger partial charge in [0.2, 0.25) is 11.8 Å². The van der Waals surface area contributed by atoms with E-state index in [4.69, 9.17) is 11.6 Å². The standard InChI is InChI=1S/C34H42ClN3O4S/c1-5-31(34(40)36-28-14-7-6-8-15-28)37(22-27-13-9-10-16-30(27)35)33(39)23-38(32-17-11-12-25(3)26(32)4)43(41,42)29-20-18-24(2)19-21-29/h9-13,16-21,28,31H,5-8,14-15,22-23H2,1-4H3,(H,36,40)/t31-/m1/s1. The van der Waals surface area contributed by atoms with Gasteiger partial charge in [-0.1, -0.05) is 85.8 Å². The highest BCUT2D eigenvalue weighted by Gasteiger charge is 2.35. The first kappa shape index (κ1) is 32.6. The molecule has 0 bridgehead atoms. The third-order valence-electron chi connectivity index (χ3n) is 8.37. The van der Waals surface area contributed by atoms with Gasteiger partial charge in [0.25, 0.3) is 10.0 Å². The summed E-state index contributed by atoms with van der Waals surface area (Å²) in [5.41, 5.74) is 3.69. The Morgan fingerprint density at radius 2 is 1.60 bits per heavy atom. The van der Waals surface area contributed by atoms with Crippen LogP contribution >= 0.6 is 11.6 Å². The zero-order chi connectivity index (χ0) is 31.1. The molecule has 0 unspecified atom stereocenters. The van der Waals surface area contributed by atoms with E-state index in [1.165, 1.54) is 9.21 Å². The van der Waals surface area contributed by atoms with Gasteiger partial charge in [-0.25, -0.2) is 8.42 Å². The van der Waals surface area contributed by atoms with Gasteiger partial charge < -0.3 is 10.2 Å². The number of carbonyl (C=O) groups excluding carboxylic acids is 2. The predicted molar refractivity (Wildman–Crippen MR) is 173 cm³/mol. The van der Waals surface area contributed by atoms with Crippen LogP contribution in [0.4, 0.5) is 5.69 Å². The number of nitrogens with zero attached hydrogens (tertiary/aromatic N) is 2. The van der Waals surface area contributed by atoms with E-state index in [9.17, 15) is 18.0 Å². The minimum absolute atomic E-state index is 0.0698. The quantitative estimate of drug-likeness (QED) is 0.257. The van der Waals surface area contributed by atoms with Gasteiger partial charge in [-0.3, -0.25) is 13.9 Å². The Kier molecular flexibility index (Phi) is 10.9. The molecule has 1 aliphatic carbocycles. The zero-order valence-electron chi connectivity index (χ0n) is 25.5. The molecular weight excluding hydrogens is 582 g/mol. The van der Waals surface area contributed by atoms with Gasteiger partial charge in [-0.15, -0.1) is 0 Å². The second-order valence-electron chi connectivity index (χ2n) is 11.4. The molecule has 3 aromatic rings. The van der Waals surface area contributed by atoms with Gasteiger partial charge in [0.05, 0.1) is 10.6 Å². The van der Waals surface area contributed by atoms with E-state index in [0.717, 1.165) is 48.8 Å². The first-order chi connectivity index (χ1) is 20.5. The van der Waals surface area contributed by atoms with Crippen molar-refractivity contribution >= 4 is 39.1 Å². The van der Waals surface area contributed by atoms with Crippen molar-refractivity contribution in [1.82, 2.24) is 10.2 Å². The van der Waals surface area contributed by atoms with Crippen LogP contribution in [0.1, 0.15) is 67.7 Å². The van der Waals surface area contributed by atoms with Crippen LogP contribution in [0.2, 0.25) is 5.02 Å². The van der Waals surface area contributed by atoms with Crippen LogP contribution in [0.25, 0.3) is 0 Å². The van der Waals surface area contributed by atoms with E-state index < -0.39 is 28.5 Å². The second kappa shape index (κ2) is 14.4. The number of hydrogen-bond donors (Lipinski definition) is 1. The minimum Gasteiger partial charge on any atom is -0.352 e. The molecule has 230 valence electrons. The smallest absolute Gasteiger partial charge is 0.264 e. The van der Waals surface area contributed by atoms with Crippen molar-refractivity contribution in [3.8, 4) is 0 Å². The van der Waals surface area contributed by atoms with Crippen molar-refractivity contribution in [2.45, 2.75) is 89.7 Å². The normalized spacial score (nSPS) is 14.6. The van der Waals surface area contributed by atoms with Crippen LogP contribution in [0, 0.1) is 20.8 Å². The maximum atomic E-state index is 14.4. The van der Waals surface area contributed by atoms with Gasteiger partial charge in [0, 0.05) is 17.6 Å². The molecule has 4 rings (SSSR count). The summed E-state index contributed by atoms with van der Waals surface area (Å²) in [7, 11) is -4.14. The molecule has 1 atom stereocenters. The van der Waals surface area contributed by atoms with Crippen LogP contribution < -0.4 is 9.62 Å². The number of amides is 2.